The third kappa shape index (κ3) is 5.55. The maximum absolute atomic E-state index is 13.5. The fraction of sp³-hybridized carbons (Fsp3) is 0.160. The Labute approximate surface area is 222 Å². The summed E-state index contributed by atoms with van der Waals surface area (Å²) >= 11 is 2.76. The Balaban J connectivity index is 1.32. The number of ether oxygens (including phenoxy) is 2. The van der Waals surface area contributed by atoms with Crippen LogP contribution in [0.5, 0.6) is 11.5 Å². The number of rotatable bonds is 8. The second kappa shape index (κ2) is 10.8. The smallest absolute Gasteiger partial charge is 0.269 e. The topological polar surface area (TPSA) is 111 Å². The number of anilines is 2. The maximum atomic E-state index is 13.5. The number of methoxy groups -OCH3 is 1. The van der Waals surface area contributed by atoms with Crippen molar-refractivity contribution in [2.75, 3.05) is 23.3 Å². The van der Waals surface area contributed by atoms with Crippen LogP contribution < -0.4 is 19.1 Å². The second-order valence-electron chi connectivity index (χ2n) is 7.92. The van der Waals surface area contributed by atoms with Gasteiger partial charge >= 0.3 is 0 Å². The molecular weight excluding hydrogens is 532 g/mol. The zero-order valence-electron chi connectivity index (χ0n) is 19.6. The number of nitrogens with one attached hydrogen (secondary N) is 1. The second-order valence-corrected chi connectivity index (χ2v) is 12.0. The zero-order valence-corrected chi connectivity index (χ0v) is 22.1. The Morgan fingerprint density at radius 3 is 2.57 bits per heavy atom. The van der Waals surface area contributed by atoms with E-state index in [1.54, 1.807) is 36.4 Å². The molecule has 190 valence electrons. The van der Waals surface area contributed by atoms with Crippen LogP contribution in [0.15, 0.2) is 88.1 Å². The minimum absolute atomic E-state index is 0.0772. The first-order chi connectivity index (χ1) is 17.9. The normalized spacial score (nSPS) is 14.9. The summed E-state index contributed by atoms with van der Waals surface area (Å²) < 4.78 is 40.0. The Kier molecular flexibility index (Phi) is 7.31. The number of amides is 1. The van der Waals surface area contributed by atoms with Crippen LogP contribution in [-0.4, -0.2) is 44.3 Å². The van der Waals surface area contributed by atoms with Gasteiger partial charge in [-0.2, -0.15) is 0 Å². The molecule has 1 aliphatic heterocycles. The lowest BCUT2D eigenvalue weighted by atomic mass is 10.2. The molecule has 1 aromatic heterocycles. The molecule has 5 rings (SSSR count). The summed E-state index contributed by atoms with van der Waals surface area (Å²) in [6.07, 6.45) is -1.09. The molecule has 0 radical (unpaired) electrons. The number of carbonyl (C=O) groups is 1. The van der Waals surface area contributed by atoms with E-state index in [-0.39, 0.29) is 11.4 Å². The molecule has 0 aliphatic carbocycles. The number of benzene rings is 3. The molecular formula is C25H22N4O5S3. The van der Waals surface area contributed by atoms with Crippen molar-refractivity contribution < 1.29 is 22.7 Å². The highest BCUT2D eigenvalue weighted by molar-refractivity contribution is 8.00. The molecule has 1 N–H and O–H groups in total. The Hall–Kier alpha value is -3.61. The molecule has 0 fully saturated rings. The van der Waals surface area contributed by atoms with Crippen molar-refractivity contribution in [3.63, 3.8) is 0 Å². The summed E-state index contributed by atoms with van der Waals surface area (Å²) in [7, 11) is -2.47. The van der Waals surface area contributed by atoms with E-state index in [1.165, 1.54) is 46.6 Å². The van der Waals surface area contributed by atoms with E-state index in [4.69, 9.17) is 9.47 Å². The van der Waals surface area contributed by atoms with Gasteiger partial charge in [0.1, 0.15) is 11.5 Å². The van der Waals surface area contributed by atoms with Crippen molar-refractivity contribution >= 4 is 49.8 Å². The first-order valence-electron chi connectivity index (χ1n) is 11.2. The van der Waals surface area contributed by atoms with E-state index < -0.39 is 22.0 Å². The van der Waals surface area contributed by atoms with Gasteiger partial charge in [-0.05, 0) is 42.0 Å². The summed E-state index contributed by atoms with van der Waals surface area (Å²) in [5, 5.41) is 11.2. The van der Waals surface area contributed by atoms with Crippen LogP contribution in [0.4, 0.5) is 10.8 Å². The molecule has 3 aromatic carbocycles. The third-order valence-corrected chi connectivity index (χ3v) is 9.35. The lowest BCUT2D eigenvalue weighted by Crippen LogP contribution is -2.48. The van der Waals surface area contributed by atoms with E-state index in [1.807, 2.05) is 30.3 Å². The molecule has 9 nitrogen and oxygen atoms in total. The molecule has 1 aliphatic rings. The van der Waals surface area contributed by atoms with Crippen molar-refractivity contribution in [3.8, 4) is 11.5 Å². The molecule has 0 saturated carbocycles. The van der Waals surface area contributed by atoms with Gasteiger partial charge in [-0.1, -0.05) is 65.6 Å². The number of aromatic nitrogens is 2. The van der Waals surface area contributed by atoms with Gasteiger partial charge in [0, 0.05) is 5.75 Å². The molecule has 0 spiro atoms. The van der Waals surface area contributed by atoms with Crippen LogP contribution in [0, 0.1) is 0 Å². The number of hydrogen-bond donors (Lipinski definition) is 1. The van der Waals surface area contributed by atoms with Crippen LogP contribution in [-0.2, 0) is 20.6 Å². The molecule has 12 heteroatoms. The minimum Gasteiger partial charge on any atom is -0.497 e. The van der Waals surface area contributed by atoms with Gasteiger partial charge < -0.3 is 9.47 Å². The standard InChI is InChI=1S/C25H22N4O5S3/c1-33-18-11-13-19(14-12-18)37(31,32)29-15-22(34-21-10-6-5-9-20(21)29)23(30)26-24-27-28-25(36-24)35-16-17-7-3-2-4-8-17/h2-14,22H,15-16H2,1H3,(H,26,27,30)/t22-/m1/s1. The Morgan fingerprint density at radius 2 is 1.81 bits per heavy atom. The zero-order chi connectivity index (χ0) is 25.8. The van der Waals surface area contributed by atoms with Crippen LogP contribution in [0.1, 0.15) is 5.56 Å². The summed E-state index contributed by atoms with van der Waals surface area (Å²) in [5.74, 6) is 1.05. The van der Waals surface area contributed by atoms with Gasteiger partial charge in [0.25, 0.3) is 15.9 Å². The van der Waals surface area contributed by atoms with Crippen molar-refractivity contribution in [2.24, 2.45) is 0 Å². The number of fused-ring (bicyclic) bond motifs is 1. The SMILES string of the molecule is COc1ccc(S(=O)(=O)N2C[C@H](C(=O)Nc3nnc(SCc4ccccc4)s3)Oc3ccccc32)cc1. The van der Waals surface area contributed by atoms with Crippen molar-refractivity contribution in [3.05, 3.63) is 84.4 Å². The van der Waals surface area contributed by atoms with E-state index >= 15 is 0 Å². The van der Waals surface area contributed by atoms with E-state index in [2.05, 4.69) is 15.5 Å². The molecule has 1 amide bonds. The highest BCUT2D eigenvalue weighted by Crippen LogP contribution is 2.37. The highest BCUT2D eigenvalue weighted by Gasteiger charge is 2.37. The highest BCUT2D eigenvalue weighted by atomic mass is 32.2. The van der Waals surface area contributed by atoms with Gasteiger partial charge in [0.05, 0.1) is 24.2 Å². The molecule has 4 aromatic rings. The average molecular weight is 555 g/mol. The molecule has 0 bridgehead atoms. The lowest BCUT2D eigenvalue weighted by Gasteiger charge is -2.34. The first kappa shape index (κ1) is 25.1. The number of sulfonamides is 1. The summed E-state index contributed by atoms with van der Waals surface area (Å²) in [6.45, 7) is -0.203. The van der Waals surface area contributed by atoms with Gasteiger partial charge in [-0.3, -0.25) is 14.4 Å². The number of hydrogen-bond acceptors (Lipinski definition) is 9. The van der Waals surface area contributed by atoms with E-state index in [9.17, 15) is 13.2 Å². The summed E-state index contributed by atoms with van der Waals surface area (Å²) in [6, 6.07) is 22.8. The number of para-hydroxylation sites is 2. The summed E-state index contributed by atoms with van der Waals surface area (Å²) in [5.41, 5.74) is 1.51. The van der Waals surface area contributed by atoms with Crippen LogP contribution in [0.2, 0.25) is 0 Å². The average Bonchev–Trinajstić information content (AvgIpc) is 3.39. The van der Waals surface area contributed by atoms with Gasteiger partial charge in [0.2, 0.25) is 5.13 Å². The van der Waals surface area contributed by atoms with Crippen molar-refractivity contribution in [1.82, 2.24) is 10.2 Å². The predicted molar refractivity (Wildman–Crippen MR) is 143 cm³/mol. The molecule has 0 saturated heterocycles. The number of nitrogens with zero attached hydrogens (tertiary/aromatic N) is 3. The minimum atomic E-state index is -3.98. The Bertz CT molecular complexity index is 1490. The third-order valence-electron chi connectivity index (χ3n) is 5.52. The predicted octanol–water partition coefficient (Wildman–Crippen LogP) is 4.43. The monoisotopic (exact) mass is 554 g/mol. The van der Waals surface area contributed by atoms with Crippen LogP contribution >= 0.6 is 23.1 Å². The van der Waals surface area contributed by atoms with Crippen LogP contribution in [0.25, 0.3) is 0 Å². The van der Waals surface area contributed by atoms with E-state index in [0.29, 0.717) is 26.7 Å². The largest absolute Gasteiger partial charge is 0.497 e. The Morgan fingerprint density at radius 1 is 1.08 bits per heavy atom. The molecule has 1 atom stereocenters. The van der Waals surface area contributed by atoms with E-state index in [0.717, 1.165) is 11.3 Å². The fourth-order valence-electron chi connectivity index (χ4n) is 3.67. The van der Waals surface area contributed by atoms with Gasteiger partial charge in [-0.25, -0.2) is 8.42 Å². The first-order valence-corrected chi connectivity index (χ1v) is 14.4. The fourth-order valence-corrected chi connectivity index (χ4v) is 6.85. The molecule has 2 heterocycles. The summed E-state index contributed by atoms with van der Waals surface area (Å²) in [4.78, 5) is 13.2. The molecule has 37 heavy (non-hydrogen) atoms. The molecule has 0 unspecified atom stereocenters. The quantitative estimate of drug-likeness (QED) is 0.252. The maximum Gasteiger partial charge on any atom is 0.269 e. The van der Waals surface area contributed by atoms with Crippen LogP contribution in [0.3, 0.4) is 0 Å². The van der Waals surface area contributed by atoms with Crippen molar-refractivity contribution in [1.29, 1.82) is 0 Å². The van der Waals surface area contributed by atoms with Gasteiger partial charge in [0.15, 0.2) is 10.4 Å². The number of carbonyl (C=O) groups excluding carboxylic acids is 1. The van der Waals surface area contributed by atoms with Crippen molar-refractivity contribution in [2.45, 2.75) is 21.1 Å². The van der Waals surface area contributed by atoms with Gasteiger partial charge in [-0.15, -0.1) is 10.2 Å². The number of thioether (sulfide) groups is 1. The lowest BCUT2D eigenvalue weighted by molar-refractivity contribution is -0.122.